The van der Waals surface area contributed by atoms with Crippen molar-refractivity contribution in [2.45, 2.75) is 0 Å². The summed E-state index contributed by atoms with van der Waals surface area (Å²) >= 11 is 0. The lowest BCUT2D eigenvalue weighted by Gasteiger charge is -2.28. The van der Waals surface area contributed by atoms with Gasteiger partial charge in [-0.1, -0.05) is 6.07 Å². The number of amides is 1. The molecule has 0 aliphatic carbocycles. The molecule has 26 heavy (non-hydrogen) atoms. The van der Waals surface area contributed by atoms with E-state index < -0.39 is 4.92 Å². The number of anilines is 1. The van der Waals surface area contributed by atoms with Gasteiger partial charge in [0.2, 0.25) is 0 Å². The lowest BCUT2D eigenvalue weighted by atomic mass is 10.1. The van der Waals surface area contributed by atoms with Crippen LogP contribution in [0.25, 0.3) is 0 Å². The van der Waals surface area contributed by atoms with Gasteiger partial charge in [0.25, 0.3) is 11.6 Å². The van der Waals surface area contributed by atoms with Gasteiger partial charge in [-0.3, -0.25) is 19.9 Å². The molecule has 1 aliphatic heterocycles. The van der Waals surface area contributed by atoms with Crippen molar-refractivity contribution in [3.63, 3.8) is 0 Å². The second-order valence-corrected chi connectivity index (χ2v) is 5.54. The minimum Gasteiger partial charge on any atom is -0.378 e. The third-order valence-electron chi connectivity index (χ3n) is 3.87. The average Bonchev–Trinajstić information content (AvgIpc) is 2.69. The van der Waals surface area contributed by atoms with Crippen LogP contribution in [0.2, 0.25) is 0 Å². The van der Waals surface area contributed by atoms with Gasteiger partial charge < -0.3 is 9.64 Å². The summed E-state index contributed by atoms with van der Waals surface area (Å²) in [6.07, 6.45) is 4.38. The van der Waals surface area contributed by atoms with Gasteiger partial charge in [0.1, 0.15) is 5.69 Å². The Morgan fingerprint density at radius 1 is 1.27 bits per heavy atom. The molecule has 0 radical (unpaired) electrons. The summed E-state index contributed by atoms with van der Waals surface area (Å²) in [5.74, 6) is -0.386. The minimum atomic E-state index is -0.419. The zero-order chi connectivity index (χ0) is 18.4. The molecule has 1 aliphatic rings. The number of hydrogen-bond acceptors (Lipinski definition) is 7. The third-order valence-corrected chi connectivity index (χ3v) is 3.87. The normalized spacial score (nSPS) is 14.4. The third kappa shape index (κ3) is 4.19. The van der Waals surface area contributed by atoms with Crippen LogP contribution in [0.1, 0.15) is 15.9 Å². The maximum absolute atomic E-state index is 11.9. The van der Waals surface area contributed by atoms with E-state index in [0.717, 1.165) is 0 Å². The van der Waals surface area contributed by atoms with Gasteiger partial charge in [0.05, 0.1) is 24.4 Å². The Labute approximate surface area is 149 Å². The van der Waals surface area contributed by atoms with Crippen LogP contribution in [-0.2, 0) is 4.74 Å². The van der Waals surface area contributed by atoms with E-state index in [1.807, 2.05) is 4.90 Å². The molecule has 1 aromatic heterocycles. The van der Waals surface area contributed by atoms with Crippen LogP contribution in [-0.4, -0.2) is 48.3 Å². The molecule has 1 fully saturated rings. The maximum atomic E-state index is 11.9. The van der Waals surface area contributed by atoms with E-state index in [9.17, 15) is 14.9 Å². The van der Waals surface area contributed by atoms with E-state index in [1.54, 1.807) is 24.3 Å². The highest BCUT2D eigenvalue weighted by Crippen LogP contribution is 2.29. The molecule has 0 saturated carbocycles. The molecule has 0 atom stereocenters. The number of hydrazone groups is 1. The van der Waals surface area contributed by atoms with Crippen molar-refractivity contribution in [1.82, 2.24) is 10.4 Å². The summed E-state index contributed by atoms with van der Waals surface area (Å²) in [5.41, 5.74) is 3.87. The Hall–Kier alpha value is -3.33. The van der Waals surface area contributed by atoms with Crippen LogP contribution in [0.5, 0.6) is 0 Å². The molecule has 134 valence electrons. The number of nitro benzene ring substituents is 1. The van der Waals surface area contributed by atoms with Gasteiger partial charge in [-0.15, -0.1) is 0 Å². The minimum absolute atomic E-state index is 0.00342. The van der Waals surface area contributed by atoms with Gasteiger partial charge in [0.15, 0.2) is 0 Å². The Kier molecular flexibility index (Phi) is 5.49. The molecular formula is C17H17N5O4. The van der Waals surface area contributed by atoms with Gasteiger partial charge in [0, 0.05) is 42.7 Å². The van der Waals surface area contributed by atoms with Crippen molar-refractivity contribution in [3.05, 3.63) is 64.0 Å². The number of nitrogens with one attached hydrogen (secondary N) is 1. The van der Waals surface area contributed by atoms with E-state index >= 15 is 0 Å². The number of carbonyl (C=O) groups is 1. The number of hydrogen-bond donors (Lipinski definition) is 1. The molecule has 9 heteroatoms. The van der Waals surface area contributed by atoms with Crippen molar-refractivity contribution in [3.8, 4) is 0 Å². The topological polar surface area (TPSA) is 110 Å². The first-order valence-corrected chi connectivity index (χ1v) is 8.00. The predicted molar refractivity (Wildman–Crippen MR) is 95.4 cm³/mol. The monoisotopic (exact) mass is 355 g/mol. The summed E-state index contributed by atoms with van der Waals surface area (Å²) in [4.78, 5) is 28.6. The van der Waals surface area contributed by atoms with Crippen LogP contribution in [0, 0.1) is 10.1 Å². The number of pyridine rings is 1. The highest BCUT2D eigenvalue weighted by Gasteiger charge is 2.21. The molecule has 0 spiro atoms. The number of carbonyl (C=O) groups excluding carboxylic acids is 1. The average molecular weight is 355 g/mol. The van der Waals surface area contributed by atoms with Crippen LogP contribution in [0.15, 0.2) is 47.8 Å². The largest absolute Gasteiger partial charge is 0.378 e. The zero-order valence-corrected chi connectivity index (χ0v) is 13.9. The molecule has 1 N–H and O–H groups in total. The summed E-state index contributed by atoms with van der Waals surface area (Å²) < 4.78 is 5.28. The van der Waals surface area contributed by atoms with Crippen molar-refractivity contribution in [2.24, 2.45) is 5.10 Å². The summed E-state index contributed by atoms with van der Waals surface area (Å²) in [7, 11) is 0. The van der Waals surface area contributed by atoms with Crippen LogP contribution < -0.4 is 10.3 Å². The maximum Gasteiger partial charge on any atom is 0.293 e. The van der Waals surface area contributed by atoms with Crippen LogP contribution in [0.4, 0.5) is 11.4 Å². The fraction of sp³-hybridized carbons (Fsp3) is 0.235. The van der Waals surface area contributed by atoms with E-state index in [4.69, 9.17) is 4.74 Å². The van der Waals surface area contributed by atoms with Gasteiger partial charge in [-0.2, -0.15) is 5.10 Å². The summed E-state index contributed by atoms with van der Waals surface area (Å²) in [5, 5.41) is 15.3. The molecular weight excluding hydrogens is 338 g/mol. The quantitative estimate of drug-likeness (QED) is 0.495. The molecule has 9 nitrogen and oxygen atoms in total. The van der Waals surface area contributed by atoms with Crippen molar-refractivity contribution in [2.75, 3.05) is 31.2 Å². The molecule has 0 unspecified atom stereocenters. The number of morpholine rings is 1. The second kappa shape index (κ2) is 8.17. The van der Waals surface area contributed by atoms with E-state index in [-0.39, 0.29) is 11.6 Å². The van der Waals surface area contributed by atoms with Gasteiger partial charge in [-0.25, -0.2) is 5.43 Å². The number of nitrogens with zero attached hydrogens (tertiary/aromatic N) is 4. The highest BCUT2D eigenvalue weighted by atomic mass is 16.6. The van der Waals surface area contributed by atoms with Crippen LogP contribution >= 0.6 is 0 Å². The zero-order valence-electron chi connectivity index (χ0n) is 13.9. The van der Waals surface area contributed by atoms with E-state index in [2.05, 4.69) is 15.5 Å². The van der Waals surface area contributed by atoms with E-state index in [0.29, 0.717) is 43.1 Å². The predicted octanol–water partition coefficient (Wildman–Crippen LogP) is 1.59. The standard InChI is InChI=1S/C17H17N5O4/c23-17(14-3-5-18-6-4-14)20-19-12-13-1-2-15(16(11-13)22(24)25)21-7-9-26-10-8-21/h1-6,11-12H,7-10H2,(H,20,23)/b19-12-. The molecule has 1 amide bonds. The Morgan fingerprint density at radius 2 is 2.00 bits per heavy atom. The molecule has 1 saturated heterocycles. The Bertz CT molecular complexity index is 819. The number of nitro groups is 1. The summed E-state index contributed by atoms with van der Waals surface area (Å²) in [6, 6.07) is 7.97. The molecule has 2 heterocycles. The number of rotatable bonds is 5. The number of benzene rings is 1. The Morgan fingerprint density at radius 3 is 2.69 bits per heavy atom. The van der Waals surface area contributed by atoms with Crippen molar-refractivity contribution < 1.29 is 14.5 Å². The first-order valence-electron chi connectivity index (χ1n) is 8.00. The van der Waals surface area contributed by atoms with Gasteiger partial charge >= 0.3 is 0 Å². The highest BCUT2D eigenvalue weighted by molar-refractivity contribution is 5.94. The van der Waals surface area contributed by atoms with Gasteiger partial charge in [-0.05, 0) is 18.2 Å². The fourth-order valence-corrected chi connectivity index (χ4v) is 2.57. The Balaban J connectivity index is 1.73. The summed E-state index contributed by atoms with van der Waals surface area (Å²) in [6.45, 7) is 2.30. The fourth-order valence-electron chi connectivity index (χ4n) is 2.57. The number of ether oxygens (including phenoxy) is 1. The molecule has 2 aromatic rings. The van der Waals surface area contributed by atoms with Crippen LogP contribution in [0.3, 0.4) is 0 Å². The number of aromatic nitrogens is 1. The van der Waals surface area contributed by atoms with E-state index in [1.165, 1.54) is 24.7 Å². The first kappa shape index (κ1) is 17.5. The molecule has 3 rings (SSSR count). The molecule has 1 aromatic carbocycles. The van der Waals surface area contributed by atoms with Crippen molar-refractivity contribution in [1.29, 1.82) is 0 Å². The van der Waals surface area contributed by atoms with Crippen molar-refractivity contribution >= 4 is 23.5 Å². The smallest absolute Gasteiger partial charge is 0.293 e. The first-order chi connectivity index (χ1) is 12.6. The lowest BCUT2D eigenvalue weighted by Crippen LogP contribution is -2.36. The second-order valence-electron chi connectivity index (χ2n) is 5.54. The SMILES string of the molecule is O=C(N/N=C\c1ccc(N2CCOCC2)c([N+](=O)[O-])c1)c1ccncc1. The molecule has 0 bridgehead atoms. The lowest BCUT2D eigenvalue weighted by molar-refractivity contribution is -0.384.